The van der Waals surface area contributed by atoms with Crippen molar-refractivity contribution in [1.82, 2.24) is 4.98 Å². The smallest absolute Gasteiger partial charge is 0.155 e. The van der Waals surface area contributed by atoms with E-state index in [0.29, 0.717) is 16.7 Å². The van der Waals surface area contributed by atoms with Gasteiger partial charge in [-0.25, -0.2) is 4.98 Å². The van der Waals surface area contributed by atoms with Crippen LogP contribution in [0.5, 0.6) is 0 Å². The van der Waals surface area contributed by atoms with E-state index < -0.39 is 0 Å². The summed E-state index contributed by atoms with van der Waals surface area (Å²) < 4.78 is 0. The number of anilines is 4. The number of nitrogen functional groups attached to an aromatic ring is 1. The van der Waals surface area contributed by atoms with Crippen LogP contribution < -0.4 is 16.0 Å². The molecule has 18 heavy (non-hydrogen) atoms. The van der Waals surface area contributed by atoms with Gasteiger partial charge in [-0.3, -0.25) is 0 Å². The van der Waals surface area contributed by atoms with E-state index in [1.54, 1.807) is 12.1 Å². The normalized spacial score (nSPS) is 10.2. The minimum Gasteiger partial charge on any atom is -0.396 e. The van der Waals surface area contributed by atoms with Crippen LogP contribution in [0.3, 0.4) is 0 Å². The first-order valence-electron chi connectivity index (χ1n) is 5.53. The number of hydrogen-bond acceptors (Lipinski definition) is 4. The van der Waals surface area contributed by atoms with Crippen LogP contribution in [0, 0.1) is 0 Å². The Morgan fingerprint density at radius 2 is 1.89 bits per heavy atom. The van der Waals surface area contributed by atoms with Gasteiger partial charge in [0.2, 0.25) is 0 Å². The maximum Gasteiger partial charge on any atom is 0.155 e. The van der Waals surface area contributed by atoms with Crippen molar-refractivity contribution in [1.29, 1.82) is 0 Å². The van der Waals surface area contributed by atoms with Gasteiger partial charge in [0.15, 0.2) is 5.82 Å². The fourth-order valence-corrected chi connectivity index (χ4v) is 1.79. The van der Waals surface area contributed by atoms with Gasteiger partial charge in [-0.1, -0.05) is 23.7 Å². The van der Waals surface area contributed by atoms with Gasteiger partial charge in [-0.2, -0.15) is 0 Å². The molecule has 0 aliphatic heterocycles. The third-order valence-corrected chi connectivity index (χ3v) is 2.74. The molecule has 94 valence electrons. The molecule has 4 nitrogen and oxygen atoms in total. The van der Waals surface area contributed by atoms with Crippen molar-refractivity contribution in [2.24, 2.45) is 0 Å². The first-order chi connectivity index (χ1) is 8.58. The van der Waals surface area contributed by atoms with Gasteiger partial charge in [-0.05, 0) is 24.3 Å². The highest BCUT2D eigenvalue weighted by atomic mass is 35.5. The zero-order chi connectivity index (χ0) is 13.1. The molecular weight excluding hydrogens is 248 g/mol. The quantitative estimate of drug-likeness (QED) is 0.835. The number of hydrogen-bond donors (Lipinski definition) is 2. The van der Waals surface area contributed by atoms with Crippen molar-refractivity contribution in [3.63, 3.8) is 0 Å². The van der Waals surface area contributed by atoms with Crippen LogP contribution in [0.2, 0.25) is 5.15 Å². The van der Waals surface area contributed by atoms with Gasteiger partial charge < -0.3 is 16.0 Å². The number of halogens is 1. The van der Waals surface area contributed by atoms with Gasteiger partial charge in [0, 0.05) is 14.1 Å². The highest BCUT2D eigenvalue weighted by Crippen LogP contribution is 2.29. The number of pyridine rings is 1. The minimum absolute atomic E-state index is 0.411. The van der Waals surface area contributed by atoms with E-state index in [4.69, 9.17) is 17.3 Å². The average molecular weight is 263 g/mol. The van der Waals surface area contributed by atoms with Gasteiger partial charge in [0.05, 0.1) is 17.1 Å². The summed E-state index contributed by atoms with van der Waals surface area (Å²) >= 11 is 5.87. The Balaban J connectivity index is 2.37. The van der Waals surface area contributed by atoms with E-state index in [-0.39, 0.29) is 0 Å². The molecule has 0 amide bonds. The first-order valence-corrected chi connectivity index (χ1v) is 5.91. The Labute approximate surface area is 111 Å². The maximum atomic E-state index is 5.87. The molecule has 3 N–H and O–H groups in total. The molecule has 0 fully saturated rings. The summed E-state index contributed by atoms with van der Waals surface area (Å²) in [7, 11) is 3.96. The molecular formula is C13H15ClN4. The maximum absolute atomic E-state index is 5.87. The fourth-order valence-electron chi connectivity index (χ4n) is 1.64. The van der Waals surface area contributed by atoms with Crippen molar-refractivity contribution in [2.75, 3.05) is 30.0 Å². The standard InChI is InChI=1S/C13H15ClN4/c1-18(2)11-6-4-3-5-10(11)16-13-9(15)7-8-12(14)17-13/h3-8H,15H2,1-2H3,(H,16,17). The van der Waals surface area contributed by atoms with E-state index in [9.17, 15) is 0 Å². The second kappa shape index (κ2) is 5.14. The highest BCUT2D eigenvalue weighted by Gasteiger charge is 2.07. The van der Waals surface area contributed by atoms with E-state index in [1.807, 2.05) is 43.3 Å². The molecule has 0 unspecified atom stereocenters. The molecule has 2 rings (SSSR count). The third-order valence-electron chi connectivity index (χ3n) is 2.53. The molecule has 0 radical (unpaired) electrons. The molecule has 0 saturated carbocycles. The Kier molecular flexibility index (Phi) is 3.58. The molecule has 1 aromatic heterocycles. The van der Waals surface area contributed by atoms with Crippen LogP contribution in [0.25, 0.3) is 0 Å². The summed E-state index contributed by atoms with van der Waals surface area (Å²) in [5.41, 5.74) is 8.42. The molecule has 5 heteroatoms. The molecule has 0 spiro atoms. The summed E-state index contributed by atoms with van der Waals surface area (Å²) in [5.74, 6) is 0.566. The van der Waals surface area contributed by atoms with Crippen LogP contribution in [0.4, 0.5) is 22.9 Å². The zero-order valence-electron chi connectivity index (χ0n) is 10.3. The second-order valence-corrected chi connectivity index (χ2v) is 4.50. The second-order valence-electron chi connectivity index (χ2n) is 4.11. The third kappa shape index (κ3) is 2.65. The van der Waals surface area contributed by atoms with Crippen molar-refractivity contribution >= 4 is 34.5 Å². The monoisotopic (exact) mass is 262 g/mol. The lowest BCUT2D eigenvalue weighted by atomic mass is 10.2. The number of para-hydroxylation sites is 2. The molecule has 2 aromatic rings. The van der Waals surface area contributed by atoms with Crippen molar-refractivity contribution < 1.29 is 0 Å². The number of aromatic nitrogens is 1. The highest BCUT2D eigenvalue weighted by molar-refractivity contribution is 6.29. The Morgan fingerprint density at radius 1 is 1.17 bits per heavy atom. The summed E-state index contributed by atoms with van der Waals surface area (Å²) in [6.45, 7) is 0. The average Bonchev–Trinajstić information content (AvgIpc) is 2.34. The summed E-state index contributed by atoms with van der Waals surface area (Å²) in [6.07, 6.45) is 0. The van der Waals surface area contributed by atoms with E-state index in [1.165, 1.54) is 0 Å². The van der Waals surface area contributed by atoms with Crippen molar-refractivity contribution in [3.8, 4) is 0 Å². The minimum atomic E-state index is 0.411. The van der Waals surface area contributed by atoms with Crippen molar-refractivity contribution in [3.05, 3.63) is 41.6 Å². The Bertz CT molecular complexity index is 554. The van der Waals surface area contributed by atoms with Gasteiger partial charge in [0.25, 0.3) is 0 Å². The SMILES string of the molecule is CN(C)c1ccccc1Nc1nc(Cl)ccc1N. The van der Waals surface area contributed by atoms with Crippen molar-refractivity contribution in [2.45, 2.75) is 0 Å². The number of benzene rings is 1. The molecule has 1 aromatic carbocycles. The number of nitrogens with one attached hydrogen (secondary N) is 1. The lowest BCUT2D eigenvalue weighted by Gasteiger charge is -2.18. The molecule has 0 aliphatic rings. The van der Waals surface area contributed by atoms with E-state index >= 15 is 0 Å². The zero-order valence-corrected chi connectivity index (χ0v) is 11.1. The number of nitrogens with two attached hydrogens (primary N) is 1. The molecule has 0 saturated heterocycles. The lowest BCUT2D eigenvalue weighted by molar-refractivity contribution is 1.13. The van der Waals surface area contributed by atoms with Crippen LogP contribution in [0.15, 0.2) is 36.4 Å². The van der Waals surface area contributed by atoms with Crippen LogP contribution >= 0.6 is 11.6 Å². The van der Waals surface area contributed by atoms with Gasteiger partial charge >= 0.3 is 0 Å². The topological polar surface area (TPSA) is 54.2 Å². The number of rotatable bonds is 3. The van der Waals surface area contributed by atoms with Gasteiger partial charge in [-0.15, -0.1) is 0 Å². The van der Waals surface area contributed by atoms with E-state index in [0.717, 1.165) is 11.4 Å². The summed E-state index contributed by atoms with van der Waals surface area (Å²) in [5, 5.41) is 3.61. The predicted octanol–water partition coefficient (Wildman–Crippen LogP) is 3.13. The van der Waals surface area contributed by atoms with Crippen LogP contribution in [-0.4, -0.2) is 19.1 Å². The molecule has 1 heterocycles. The van der Waals surface area contributed by atoms with Crippen LogP contribution in [0.1, 0.15) is 0 Å². The van der Waals surface area contributed by atoms with Crippen LogP contribution in [-0.2, 0) is 0 Å². The summed E-state index contributed by atoms with van der Waals surface area (Å²) in [6, 6.07) is 11.3. The first kappa shape index (κ1) is 12.5. The largest absolute Gasteiger partial charge is 0.396 e. The lowest BCUT2D eigenvalue weighted by Crippen LogP contribution is -2.11. The Morgan fingerprint density at radius 3 is 2.61 bits per heavy atom. The number of nitrogens with zero attached hydrogens (tertiary/aromatic N) is 2. The predicted molar refractivity (Wildman–Crippen MR) is 77.7 cm³/mol. The molecule has 0 aliphatic carbocycles. The van der Waals surface area contributed by atoms with Gasteiger partial charge in [0.1, 0.15) is 5.15 Å². The fraction of sp³-hybridized carbons (Fsp3) is 0.154. The summed E-state index contributed by atoms with van der Waals surface area (Å²) in [4.78, 5) is 6.20. The molecule has 0 atom stereocenters. The Hall–Kier alpha value is -1.94. The van der Waals surface area contributed by atoms with E-state index in [2.05, 4.69) is 10.3 Å². The molecule has 0 bridgehead atoms.